The van der Waals surface area contributed by atoms with Crippen LogP contribution in [-0.4, -0.2) is 84.1 Å². The van der Waals surface area contributed by atoms with Crippen LogP contribution >= 0.6 is 0 Å². The third-order valence-electron chi connectivity index (χ3n) is 11.7. The van der Waals surface area contributed by atoms with Crippen LogP contribution in [0, 0.1) is 16.7 Å². The number of nitrogens with one attached hydrogen (secondary N) is 4. The van der Waals surface area contributed by atoms with Crippen molar-refractivity contribution < 1.29 is 32.4 Å². The highest BCUT2D eigenvalue weighted by molar-refractivity contribution is 7.92. The molecule has 0 aromatic rings. The number of hydrogen-bond acceptors (Lipinski definition) is 7. The molecule has 4 N–H and O–H groups in total. The number of rotatable bonds is 15. The van der Waals surface area contributed by atoms with E-state index in [1.807, 2.05) is 20.8 Å². The van der Waals surface area contributed by atoms with Crippen molar-refractivity contribution in [2.75, 3.05) is 18.8 Å². The summed E-state index contributed by atoms with van der Waals surface area (Å²) >= 11 is 0. The Hall–Kier alpha value is -3.48. The molecule has 3 saturated carbocycles. The highest BCUT2D eigenvalue weighted by Crippen LogP contribution is 2.63. The molecule has 284 valence electrons. The summed E-state index contributed by atoms with van der Waals surface area (Å²) in [7, 11) is -3.58. The number of allylic oxidation sites excluding steroid dienone is 1. The maximum Gasteiger partial charge on any atom is 0.315 e. The van der Waals surface area contributed by atoms with E-state index in [1.54, 1.807) is 26.8 Å². The molecule has 0 aromatic carbocycles. The summed E-state index contributed by atoms with van der Waals surface area (Å²) in [4.78, 5) is 70.0. The summed E-state index contributed by atoms with van der Waals surface area (Å²) in [6, 6.07) is -2.74. The van der Waals surface area contributed by atoms with Crippen molar-refractivity contribution in [3.05, 3.63) is 36.6 Å². The second-order valence-corrected chi connectivity index (χ2v) is 19.6. The summed E-state index contributed by atoms with van der Waals surface area (Å²) in [6.07, 6.45) is 10.2. The Bertz CT molecular complexity index is 1560. The average molecular weight is 730 g/mol. The van der Waals surface area contributed by atoms with E-state index < -0.39 is 67.2 Å². The Labute approximate surface area is 304 Å². The fourth-order valence-corrected chi connectivity index (χ4v) is 9.69. The number of fused-ring (bicyclic) bond motifs is 1. The van der Waals surface area contributed by atoms with E-state index in [1.165, 1.54) is 11.0 Å². The lowest BCUT2D eigenvalue weighted by atomic mass is 9.79. The third kappa shape index (κ3) is 8.60. The minimum absolute atomic E-state index is 0.0700. The predicted molar refractivity (Wildman–Crippen MR) is 197 cm³/mol. The van der Waals surface area contributed by atoms with E-state index in [-0.39, 0.29) is 42.3 Å². The van der Waals surface area contributed by atoms with Crippen LogP contribution in [0.3, 0.4) is 0 Å². The first-order valence-corrected chi connectivity index (χ1v) is 20.1. The van der Waals surface area contributed by atoms with Crippen molar-refractivity contribution in [3.63, 3.8) is 0 Å². The largest absolute Gasteiger partial charge is 0.346 e. The summed E-state index contributed by atoms with van der Waals surface area (Å²) in [5, 5.41) is 11.3. The smallest absolute Gasteiger partial charge is 0.315 e. The van der Waals surface area contributed by atoms with E-state index in [4.69, 9.17) is 0 Å². The molecular formula is C38H59N5O7S. The van der Waals surface area contributed by atoms with Gasteiger partial charge in [-0.2, -0.15) is 0 Å². The van der Waals surface area contributed by atoms with Gasteiger partial charge in [-0.3, -0.25) is 19.2 Å². The van der Waals surface area contributed by atoms with Crippen LogP contribution in [0.5, 0.6) is 0 Å². The maximum atomic E-state index is 14.7. The zero-order valence-electron chi connectivity index (χ0n) is 31.4. The molecule has 3 aliphatic carbocycles. The Kier molecular flexibility index (Phi) is 12.0. The van der Waals surface area contributed by atoms with Crippen LogP contribution < -0.4 is 21.3 Å². The fraction of sp³-hybridized carbons (Fsp3) is 0.711. The van der Waals surface area contributed by atoms with Gasteiger partial charge in [-0.05, 0) is 75.7 Å². The van der Waals surface area contributed by atoms with Crippen LogP contribution in [-0.2, 0) is 29.0 Å². The van der Waals surface area contributed by atoms with Gasteiger partial charge in [-0.15, -0.1) is 13.2 Å². The van der Waals surface area contributed by atoms with Crippen LogP contribution in [0.15, 0.2) is 36.6 Å². The lowest BCUT2D eigenvalue weighted by molar-refractivity contribution is -0.140. The fourth-order valence-electron chi connectivity index (χ4n) is 8.17. The molecule has 1 aliphatic heterocycles. The standard InChI is InChI=1S/C38H59N5O7S/c1-9-11-17-26(29(44)32(46)39-22-10-2)40-31(45)28-27-25(36(27,6)7)23-43(28)33(47)30(37(8)18-15-16-19-37)41-34(48)42-38(20-13-12-14-21-38)24-51(49,50)35(3,4)5/h9-10,25-26,30H,1-2,11-24H2,3-8H3,(H,39,46)(H,40,45)(H2,41,42,48)/t25?,26?,30-/m1/s1. The molecule has 2 unspecified atom stereocenters. The molecule has 3 atom stereocenters. The van der Waals surface area contributed by atoms with E-state index in [0.29, 0.717) is 32.1 Å². The van der Waals surface area contributed by atoms with Gasteiger partial charge in [0.25, 0.3) is 11.8 Å². The first-order chi connectivity index (χ1) is 23.7. The second-order valence-electron chi connectivity index (χ2n) is 16.8. The molecule has 0 spiro atoms. The zero-order chi connectivity index (χ0) is 38.0. The van der Waals surface area contributed by atoms with Gasteiger partial charge >= 0.3 is 6.03 Å². The summed E-state index contributed by atoms with van der Waals surface area (Å²) in [5.74, 6) is -2.96. The lowest BCUT2D eigenvalue weighted by Crippen LogP contribution is -2.63. The van der Waals surface area contributed by atoms with E-state index in [9.17, 15) is 32.4 Å². The normalized spacial score (nSPS) is 22.9. The highest BCUT2D eigenvalue weighted by atomic mass is 32.2. The average Bonchev–Trinajstić information content (AvgIpc) is 3.42. The molecule has 12 nitrogen and oxygen atoms in total. The van der Waals surface area contributed by atoms with E-state index >= 15 is 0 Å². The maximum absolute atomic E-state index is 14.7. The number of urea groups is 1. The number of carbonyl (C=O) groups excluding carboxylic acids is 5. The number of sulfone groups is 1. The van der Waals surface area contributed by atoms with E-state index in [0.717, 1.165) is 37.7 Å². The van der Waals surface area contributed by atoms with Gasteiger partial charge in [0.2, 0.25) is 11.7 Å². The van der Waals surface area contributed by atoms with Gasteiger partial charge in [-0.1, -0.05) is 65.0 Å². The van der Waals surface area contributed by atoms with Crippen molar-refractivity contribution in [2.24, 2.45) is 16.7 Å². The highest BCUT2D eigenvalue weighted by Gasteiger charge is 2.62. The van der Waals surface area contributed by atoms with Crippen molar-refractivity contribution in [3.8, 4) is 0 Å². The topological polar surface area (TPSA) is 171 Å². The zero-order valence-corrected chi connectivity index (χ0v) is 32.2. The molecule has 4 aliphatic rings. The molecule has 0 aromatic heterocycles. The number of carbonyl (C=O) groups is 5. The van der Waals surface area contributed by atoms with Crippen molar-refractivity contribution in [1.29, 1.82) is 0 Å². The molecule has 1 heterocycles. The Balaban J connectivity index is 1.62. The molecule has 0 bridgehead atoms. The first-order valence-electron chi connectivity index (χ1n) is 18.5. The molecule has 0 radical (unpaired) electrons. The van der Waals surface area contributed by atoms with Gasteiger partial charge < -0.3 is 26.2 Å². The number of nitrogens with zero attached hydrogens (tertiary/aromatic N) is 1. The molecule has 4 rings (SSSR count). The number of hydrogen-bond donors (Lipinski definition) is 4. The van der Waals surface area contributed by atoms with Crippen LogP contribution in [0.25, 0.3) is 0 Å². The molecule has 13 heteroatoms. The van der Waals surface area contributed by atoms with E-state index in [2.05, 4.69) is 34.4 Å². The number of ketones is 1. The van der Waals surface area contributed by atoms with Crippen molar-refractivity contribution in [2.45, 2.75) is 135 Å². The van der Waals surface area contributed by atoms with Crippen molar-refractivity contribution in [1.82, 2.24) is 26.2 Å². The molecule has 51 heavy (non-hydrogen) atoms. The summed E-state index contributed by atoms with van der Waals surface area (Å²) in [5.41, 5.74) is -0.948. The summed E-state index contributed by atoms with van der Waals surface area (Å²) < 4.78 is 25.8. The van der Waals surface area contributed by atoms with Crippen LogP contribution in [0.4, 0.5) is 4.79 Å². The Morgan fingerprint density at radius 2 is 1.53 bits per heavy atom. The first kappa shape index (κ1) is 40.3. The van der Waals surface area contributed by atoms with Crippen LogP contribution in [0.2, 0.25) is 0 Å². The molecule has 5 amide bonds. The summed E-state index contributed by atoms with van der Waals surface area (Å²) in [6.45, 7) is 18.6. The lowest BCUT2D eigenvalue weighted by Gasteiger charge is -2.41. The van der Waals surface area contributed by atoms with Gasteiger partial charge in [-0.25, -0.2) is 13.2 Å². The Morgan fingerprint density at radius 1 is 0.922 bits per heavy atom. The quantitative estimate of drug-likeness (QED) is 0.144. The van der Waals surface area contributed by atoms with Gasteiger partial charge in [0.05, 0.1) is 22.1 Å². The van der Waals surface area contributed by atoms with Gasteiger partial charge in [0, 0.05) is 19.0 Å². The molecular weight excluding hydrogens is 671 g/mol. The predicted octanol–water partition coefficient (Wildman–Crippen LogP) is 4.23. The van der Waals surface area contributed by atoms with Crippen molar-refractivity contribution >= 4 is 39.4 Å². The molecule has 0 saturated heterocycles. The SMILES string of the molecule is C=CCCC(NC(=O)C1=C2C(CN1C(=O)[C@@H](NC(=O)NC1(CS(=O)(=O)C(C)(C)C)CCCCC1)C1(C)CCCC1)C2(C)C)C(=O)C(=O)NCC=C. The third-order valence-corrected chi connectivity index (χ3v) is 14.5. The van der Waals surface area contributed by atoms with Gasteiger partial charge in [0.1, 0.15) is 11.7 Å². The number of Topliss-reactive ketones (excluding diaryl/α,β-unsaturated/α-hetero) is 1. The minimum Gasteiger partial charge on any atom is -0.346 e. The number of amides is 5. The minimum atomic E-state index is -3.58. The monoisotopic (exact) mass is 729 g/mol. The molecule has 3 fully saturated rings. The van der Waals surface area contributed by atoms with Gasteiger partial charge in [0.15, 0.2) is 9.84 Å². The second kappa shape index (κ2) is 15.2. The van der Waals surface area contributed by atoms with Crippen LogP contribution in [0.1, 0.15) is 112 Å². The Morgan fingerprint density at radius 3 is 2.10 bits per heavy atom.